The molecule has 6 nitrogen and oxygen atoms in total. The standard InChI is InChI=1S/C21H26BrFN2O4/c1-4-25(5-2)10-11-28-20-13-16(7-9-19(20)27-3)24-21(26)14-29-18-8-6-15(22)12-17(18)23/h6-9,12-13H,4-5,10-11,14H2,1-3H3,(H,24,26). The molecule has 0 spiro atoms. The molecule has 8 heteroatoms. The number of benzene rings is 2. The molecule has 0 aliphatic rings. The fourth-order valence-corrected chi connectivity index (χ4v) is 2.96. The van der Waals surface area contributed by atoms with Crippen LogP contribution in [0, 0.1) is 5.82 Å². The van der Waals surface area contributed by atoms with E-state index in [-0.39, 0.29) is 12.4 Å². The average molecular weight is 469 g/mol. The van der Waals surface area contributed by atoms with Gasteiger partial charge >= 0.3 is 0 Å². The van der Waals surface area contributed by atoms with Crippen molar-refractivity contribution in [3.8, 4) is 17.2 Å². The van der Waals surface area contributed by atoms with Crippen LogP contribution in [0.3, 0.4) is 0 Å². The third-order valence-corrected chi connectivity index (χ3v) is 4.75. The Morgan fingerprint density at radius 3 is 2.45 bits per heavy atom. The highest BCUT2D eigenvalue weighted by Crippen LogP contribution is 2.30. The molecule has 0 heterocycles. The summed E-state index contributed by atoms with van der Waals surface area (Å²) in [5, 5.41) is 2.71. The highest BCUT2D eigenvalue weighted by molar-refractivity contribution is 9.10. The average Bonchev–Trinajstić information content (AvgIpc) is 2.71. The maximum absolute atomic E-state index is 13.8. The van der Waals surface area contributed by atoms with Crippen LogP contribution in [0.2, 0.25) is 0 Å². The van der Waals surface area contributed by atoms with E-state index >= 15 is 0 Å². The van der Waals surface area contributed by atoms with Crippen LogP contribution in [0.5, 0.6) is 17.2 Å². The van der Waals surface area contributed by atoms with Crippen LogP contribution in [0.15, 0.2) is 40.9 Å². The van der Waals surface area contributed by atoms with Crippen molar-refractivity contribution in [1.29, 1.82) is 0 Å². The molecule has 2 rings (SSSR count). The predicted molar refractivity (Wildman–Crippen MR) is 115 cm³/mol. The SMILES string of the molecule is CCN(CC)CCOc1cc(NC(=O)COc2ccc(Br)cc2F)ccc1OC. The predicted octanol–water partition coefficient (Wildman–Crippen LogP) is 4.33. The van der Waals surface area contributed by atoms with E-state index in [4.69, 9.17) is 14.2 Å². The van der Waals surface area contributed by atoms with Crippen molar-refractivity contribution in [2.75, 3.05) is 45.3 Å². The first-order valence-corrected chi connectivity index (χ1v) is 10.2. The maximum atomic E-state index is 13.8. The molecule has 0 aromatic heterocycles. The molecule has 0 atom stereocenters. The molecule has 29 heavy (non-hydrogen) atoms. The number of methoxy groups -OCH3 is 1. The number of halogens is 2. The van der Waals surface area contributed by atoms with E-state index < -0.39 is 11.7 Å². The normalized spacial score (nSPS) is 10.7. The molecule has 0 saturated heterocycles. The Balaban J connectivity index is 1.94. The first kappa shape index (κ1) is 23.0. The molecule has 2 aromatic rings. The summed E-state index contributed by atoms with van der Waals surface area (Å²) in [7, 11) is 1.56. The Morgan fingerprint density at radius 2 is 1.79 bits per heavy atom. The van der Waals surface area contributed by atoms with Gasteiger partial charge in [-0.15, -0.1) is 0 Å². The van der Waals surface area contributed by atoms with Gasteiger partial charge in [-0.1, -0.05) is 29.8 Å². The number of nitrogens with zero attached hydrogens (tertiary/aromatic N) is 1. The summed E-state index contributed by atoms with van der Waals surface area (Å²) in [4.78, 5) is 14.4. The molecule has 1 N–H and O–H groups in total. The van der Waals surface area contributed by atoms with Gasteiger partial charge in [-0.3, -0.25) is 4.79 Å². The molecule has 0 saturated carbocycles. The van der Waals surface area contributed by atoms with Gasteiger partial charge in [0.1, 0.15) is 6.61 Å². The number of carbonyl (C=O) groups is 1. The first-order valence-electron chi connectivity index (χ1n) is 9.37. The lowest BCUT2D eigenvalue weighted by Crippen LogP contribution is -2.28. The zero-order valence-corrected chi connectivity index (χ0v) is 18.4. The van der Waals surface area contributed by atoms with E-state index in [1.165, 1.54) is 12.1 Å². The zero-order chi connectivity index (χ0) is 21.2. The van der Waals surface area contributed by atoms with Gasteiger partial charge in [0.25, 0.3) is 5.91 Å². The van der Waals surface area contributed by atoms with Gasteiger partial charge in [0.05, 0.1) is 7.11 Å². The van der Waals surface area contributed by atoms with Crippen LogP contribution in [0.1, 0.15) is 13.8 Å². The molecule has 0 fully saturated rings. The first-order chi connectivity index (χ1) is 14.0. The fraction of sp³-hybridized carbons (Fsp3) is 0.381. The molecule has 1 amide bonds. The van der Waals surface area contributed by atoms with Gasteiger partial charge in [0.2, 0.25) is 0 Å². The van der Waals surface area contributed by atoms with Gasteiger partial charge in [-0.05, 0) is 43.4 Å². The number of rotatable bonds is 11. The number of likely N-dealkylation sites (N-methyl/N-ethyl adjacent to an activating group) is 1. The molecule has 0 aliphatic carbocycles. The van der Waals surface area contributed by atoms with Crippen molar-refractivity contribution in [3.63, 3.8) is 0 Å². The Bertz CT molecular complexity index is 815. The Kier molecular flexibility index (Phi) is 9.21. The summed E-state index contributed by atoms with van der Waals surface area (Å²) < 4.78 is 30.8. The molecular weight excluding hydrogens is 443 g/mol. The van der Waals surface area contributed by atoms with Crippen molar-refractivity contribution in [1.82, 2.24) is 4.90 Å². The molecule has 0 unspecified atom stereocenters. The number of hydrogen-bond donors (Lipinski definition) is 1. The number of hydrogen-bond acceptors (Lipinski definition) is 5. The van der Waals surface area contributed by atoms with E-state index in [1.807, 2.05) is 0 Å². The topological polar surface area (TPSA) is 60.0 Å². The second-order valence-corrected chi connectivity index (χ2v) is 7.07. The Hall–Kier alpha value is -2.32. The summed E-state index contributed by atoms with van der Waals surface area (Å²) in [6.07, 6.45) is 0. The molecule has 0 bridgehead atoms. The molecule has 0 aliphatic heterocycles. The van der Waals surface area contributed by atoms with Crippen LogP contribution >= 0.6 is 15.9 Å². The largest absolute Gasteiger partial charge is 0.493 e. The maximum Gasteiger partial charge on any atom is 0.262 e. The highest BCUT2D eigenvalue weighted by Gasteiger charge is 2.11. The van der Waals surface area contributed by atoms with E-state index in [0.29, 0.717) is 28.3 Å². The third kappa shape index (κ3) is 7.21. The summed E-state index contributed by atoms with van der Waals surface area (Å²) in [6.45, 7) is 7.08. The summed E-state index contributed by atoms with van der Waals surface area (Å²) in [6, 6.07) is 9.49. The minimum Gasteiger partial charge on any atom is -0.493 e. The second-order valence-electron chi connectivity index (χ2n) is 6.15. The minimum absolute atomic E-state index is 0.0125. The fourth-order valence-electron chi connectivity index (χ4n) is 2.62. The summed E-state index contributed by atoms with van der Waals surface area (Å²) >= 11 is 3.17. The highest BCUT2D eigenvalue weighted by atomic mass is 79.9. The van der Waals surface area contributed by atoms with E-state index in [0.717, 1.165) is 19.6 Å². The van der Waals surface area contributed by atoms with Gasteiger partial charge in [-0.2, -0.15) is 0 Å². The van der Waals surface area contributed by atoms with Crippen molar-refractivity contribution in [2.45, 2.75) is 13.8 Å². The molecular formula is C21H26BrFN2O4. The number of anilines is 1. The van der Waals surface area contributed by atoms with Crippen LogP contribution in [0.25, 0.3) is 0 Å². The van der Waals surface area contributed by atoms with Crippen molar-refractivity contribution in [3.05, 3.63) is 46.7 Å². The number of carbonyl (C=O) groups excluding carboxylic acids is 1. The van der Waals surface area contributed by atoms with Crippen molar-refractivity contribution < 1.29 is 23.4 Å². The third-order valence-electron chi connectivity index (χ3n) is 4.26. The van der Waals surface area contributed by atoms with Crippen LogP contribution in [-0.4, -0.2) is 50.8 Å². The van der Waals surface area contributed by atoms with Gasteiger partial charge in [0, 0.05) is 22.8 Å². The van der Waals surface area contributed by atoms with Gasteiger partial charge in [-0.25, -0.2) is 4.39 Å². The van der Waals surface area contributed by atoms with Crippen LogP contribution < -0.4 is 19.5 Å². The van der Waals surface area contributed by atoms with E-state index in [1.54, 1.807) is 31.4 Å². The van der Waals surface area contributed by atoms with Gasteiger partial charge < -0.3 is 24.4 Å². The summed E-state index contributed by atoms with van der Waals surface area (Å²) in [5.74, 6) is 0.179. The molecule has 0 radical (unpaired) electrons. The minimum atomic E-state index is -0.541. The lowest BCUT2D eigenvalue weighted by molar-refractivity contribution is -0.118. The molecule has 2 aromatic carbocycles. The Labute approximate surface area is 179 Å². The van der Waals surface area contributed by atoms with Crippen LogP contribution in [-0.2, 0) is 4.79 Å². The zero-order valence-electron chi connectivity index (χ0n) is 16.8. The van der Waals surface area contributed by atoms with Crippen molar-refractivity contribution >= 4 is 27.5 Å². The summed E-state index contributed by atoms with van der Waals surface area (Å²) in [5.41, 5.74) is 0.536. The Morgan fingerprint density at radius 1 is 1.07 bits per heavy atom. The lowest BCUT2D eigenvalue weighted by atomic mass is 10.2. The quantitative estimate of drug-likeness (QED) is 0.531. The number of ether oxygens (including phenoxy) is 3. The lowest BCUT2D eigenvalue weighted by Gasteiger charge is -2.19. The smallest absolute Gasteiger partial charge is 0.262 e. The van der Waals surface area contributed by atoms with Gasteiger partial charge in [0.15, 0.2) is 29.7 Å². The van der Waals surface area contributed by atoms with Crippen LogP contribution in [0.4, 0.5) is 10.1 Å². The number of amides is 1. The number of nitrogens with one attached hydrogen (secondary N) is 1. The van der Waals surface area contributed by atoms with E-state index in [2.05, 4.69) is 40.0 Å². The second kappa shape index (κ2) is 11.6. The van der Waals surface area contributed by atoms with E-state index in [9.17, 15) is 9.18 Å². The van der Waals surface area contributed by atoms with Crippen molar-refractivity contribution in [2.24, 2.45) is 0 Å². The molecule has 158 valence electrons. The monoisotopic (exact) mass is 468 g/mol.